The van der Waals surface area contributed by atoms with Crippen LogP contribution in [0.4, 0.5) is 5.69 Å². The summed E-state index contributed by atoms with van der Waals surface area (Å²) in [6.07, 6.45) is 5.22. The maximum absolute atomic E-state index is 8.84. The monoisotopic (exact) mass is 335 g/mol. The van der Waals surface area contributed by atoms with Gasteiger partial charge >= 0.3 is 0 Å². The summed E-state index contributed by atoms with van der Waals surface area (Å²) in [5, 5.41) is 12.3. The molecule has 0 amide bonds. The fourth-order valence-electron chi connectivity index (χ4n) is 2.72. The minimum atomic E-state index is 0.685. The lowest BCUT2D eigenvalue weighted by molar-refractivity contribution is 0.160. The van der Waals surface area contributed by atoms with Gasteiger partial charge in [0.2, 0.25) is 0 Å². The molecule has 0 aliphatic carbocycles. The molecule has 4 heteroatoms. The van der Waals surface area contributed by atoms with Crippen LogP contribution in [0, 0.1) is 11.3 Å². The third-order valence-corrected chi connectivity index (χ3v) is 4.63. The van der Waals surface area contributed by atoms with Crippen molar-refractivity contribution in [2.24, 2.45) is 0 Å². The van der Waals surface area contributed by atoms with Crippen molar-refractivity contribution in [1.82, 2.24) is 4.90 Å². The maximum Gasteiger partial charge on any atom is 0.0992 e. The van der Waals surface area contributed by atoms with Gasteiger partial charge in [0.1, 0.15) is 0 Å². The van der Waals surface area contributed by atoms with E-state index in [1.54, 1.807) is 0 Å². The van der Waals surface area contributed by atoms with E-state index >= 15 is 0 Å². The van der Waals surface area contributed by atoms with Crippen molar-refractivity contribution >= 4 is 21.6 Å². The van der Waals surface area contributed by atoms with Gasteiger partial charge in [-0.15, -0.1) is 0 Å². The zero-order valence-corrected chi connectivity index (χ0v) is 13.6. The summed E-state index contributed by atoms with van der Waals surface area (Å²) >= 11 is 3.50. The summed E-state index contributed by atoms with van der Waals surface area (Å²) in [4.78, 5) is 2.60. The molecule has 1 saturated heterocycles. The van der Waals surface area contributed by atoms with Gasteiger partial charge in [0, 0.05) is 29.3 Å². The van der Waals surface area contributed by atoms with E-state index in [1.807, 2.05) is 18.2 Å². The first-order chi connectivity index (χ1) is 9.70. The van der Waals surface area contributed by atoms with Gasteiger partial charge in [-0.05, 0) is 66.9 Å². The Morgan fingerprint density at radius 3 is 3.00 bits per heavy atom. The smallest absolute Gasteiger partial charge is 0.0992 e. The average Bonchev–Trinajstić information content (AvgIpc) is 2.46. The molecule has 1 heterocycles. The summed E-state index contributed by atoms with van der Waals surface area (Å²) in [6.45, 7) is 5.72. The summed E-state index contributed by atoms with van der Waals surface area (Å²) in [5.41, 5.74) is 1.75. The molecule has 1 aliphatic heterocycles. The Morgan fingerprint density at radius 2 is 2.30 bits per heavy atom. The fraction of sp³-hybridized carbons (Fsp3) is 0.562. The van der Waals surface area contributed by atoms with Crippen LogP contribution in [-0.2, 0) is 0 Å². The van der Waals surface area contributed by atoms with E-state index in [9.17, 15) is 0 Å². The molecule has 1 unspecified atom stereocenters. The first-order valence-corrected chi connectivity index (χ1v) is 8.17. The van der Waals surface area contributed by atoms with Gasteiger partial charge in [0.25, 0.3) is 0 Å². The maximum atomic E-state index is 8.84. The van der Waals surface area contributed by atoms with Crippen LogP contribution in [0.2, 0.25) is 0 Å². The zero-order valence-electron chi connectivity index (χ0n) is 12.0. The van der Waals surface area contributed by atoms with Crippen LogP contribution in [0.1, 0.15) is 38.2 Å². The number of nitriles is 1. The van der Waals surface area contributed by atoms with Crippen LogP contribution >= 0.6 is 15.9 Å². The number of rotatable bonds is 5. The van der Waals surface area contributed by atoms with Gasteiger partial charge in [0.15, 0.2) is 0 Å². The Bertz CT molecular complexity index is 481. The average molecular weight is 336 g/mol. The number of anilines is 1. The van der Waals surface area contributed by atoms with Crippen LogP contribution in [0.3, 0.4) is 0 Å². The number of halogens is 1. The highest BCUT2D eigenvalue weighted by Gasteiger charge is 2.16. The van der Waals surface area contributed by atoms with E-state index in [4.69, 9.17) is 5.26 Å². The molecule has 1 fully saturated rings. The van der Waals surface area contributed by atoms with Crippen molar-refractivity contribution in [3.8, 4) is 6.07 Å². The SMILES string of the molecule is CC1CCCCN1CCCNc1ccc(C#N)cc1Br. The number of hydrogen-bond donors (Lipinski definition) is 1. The standard InChI is InChI=1S/C16H22BrN3/c1-13-5-2-3-9-20(13)10-4-8-19-16-7-6-14(12-18)11-15(16)17/h6-7,11,13,19H,2-5,8-10H2,1H3. The lowest BCUT2D eigenvalue weighted by atomic mass is 10.0. The first kappa shape index (κ1) is 15.3. The van der Waals surface area contributed by atoms with E-state index < -0.39 is 0 Å². The molecule has 0 spiro atoms. The second-order valence-corrected chi connectivity index (χ2v) is 6.32. The first-order valence-electron chi connectivity index (χ1n) is 7.38. The summed E-state index contributed by atoms with van der Waals surface area (Å²) < 4.78 is 0.961. The van der Waals surface area contributed by atoms with Crippen molar-refractivity contribution in [2.45, 2.75) is 38.6 Å². The van der Waals surface area contributed by atoms with Crippen LogP contribution < -0.4 is 5.32 Å². The van der Waals surface area contributed by atoms with Gasteiger partial charge in [-0.2, -0.15) is 5.26 Å². The third-order valence-electron chi connectivity index (χ3n) is 3.98. The number of likely N-dealkylation sites (tertiary alicyclic amines) is 1. The number of hydrogen-bond acceptors (Lipinski definition) is 3. The number of piperidine rings is 1. The van der Waals surface area contributed by atoms with Crippen molar-refractivity contribution in [3.63, 3.8) is 0 Å². The number of benzene rings is 1. The van der Waals surface area contributed by atoms with Crippen LogP contribution in [-0.4, -0.2) is 30.6 Å². The van der Waals surface area contributed by atoms with Crippen molar-refractivity contribution < 1.29 is 0 Å². The minimum absolute atomic E-state index is 0.685. The zero-order chi connectivity index (χ0) is 14.4. The molecule has 1 atom stereocenters. The Kier molecular flexibility index (Phi) is 5.87. The van der Waals surface area contributed by atoms with E-state index in [2.05, 4.69) is 39.1 Å². The van der Waals surface area contributed by atoms with Gasteiger partial charge in [-0.25, -0.2) is 0 Å². The molecule has 1 aromatic rings. The molecule has 108 valence electrons. The van der Waals surface area contributed by atoms with Crippen molar-refractivity contribution in [2.75, 3.05) is 25.0 Å². The van der Waals surface area contributed by atoms with Gasteiger partial charge in [-0.1, -0.05) is 6.42 Å². The summed E-state index contributed by atoms with van der Waals surface area (Å²) in [7, 11) is 0. The molecular formula is C16H22BrN3. The van der Waals surface area contributed by atoms with Crippen molar-refractivity contribution in [1.29, 1.82) is 5.26 Å². The highest BCUT2D eigenvalue weighted by molar-refractivity contribution is 9.10. The van der Waals surface area contributed by atoms with Crippen LogP contribution in [0.5, 0.6) is 0 Å². The molecule has 1 N–H and O–H groups in total. The third kappa shape index (κ3) is 4.22. The van der Waals surface area contributed by atoms with Gasteiger partial charge < -0.3 is 10.2 Å². The molecule has 20 heavy (non-hydrogen) atoms. The number of nitrogens with zero attached hydrogens (tertiary/aromatic N) is 2. The predicted octanol–water partition coefficient (Wildman–Crippen LogP) is 4.00. The molecule has 1 aliphatic rings. The Hall–Kier alpha value is -1.05. The topological polar surface area (TPSA) is 39.1 Å². The quantitative estimate of drug-likeness (QED) is 0.826. The van der Waals surface area contributed by atoms with Crippen LogP contribution in [0.25, 0.3) is 0 Å². The molecule has 0 radical (unpaired) electrons. The fourth-order valence-corrected chi connectivity index (χ4v) is 3.24. The molecule has 0 saturated carbocycles. The second-order valence-electron chi connectivity index (χ2n) is 5.47. The highest BCUT2D eigenvalue weighted by atomic mass is 79.9. The van der Waals surface area contributed by atoms with E-state index in [1.165, 1.54) is 32.4 Å². The molecule has 0 aromatic heterocycles. The molecule has 1 aromatic carbocycles. The normalized spacial score (nSPS) is 19.6. The Morgan fingerprint density at radius 1 is 1.45 bits per heavy atom. The Balaban J connectivity index is 1.74. The number of nitrogens with one attached hydrogen (secondary N) is 1. The summed E-state index contributed by atoms with van der Waals surface area (Å²) in [6, 6.07) is 8.55. The van der Waals surface area contributed by atoms with E-state index in [0.717, 1.165) is 29.2 Å². The molecule has 3 nitrogen and oxygen atoms in total. The molecule has 0 bridgehead atoms. The predicted molar refractivity (Wildman–Crippen MR) is 86.8 cm³/mol. The van der Waals surface area contributed by atoms with Gasteiger partial charge in [-0.3, -0.25) is 0 Å². The molecular weight excluding hydrogens is 314 g/mol. The largest absolute Gasteiger partial charge is 0.384 e. The van der Waals surface area contributed by atoms with E-state index in [-0.39, 0.29) is 0 Å². The van der Waals surface area contributed by atoms with E-state index in [0.29, 0.717) is 5.56 Å². The summed E-state index contributed by atoms with van der Waals surface area (Å²) in [5.74, 6) is 0. The van der Waals surface area contributed by atoms with Crippen molar-refractivity contribution in [3.05, 3.63) is 28.2 Å². The van der Waals surface area contributed by atoms with Gasteiger partial charge in [0.05, 0.1) is 11.6 Å². The highest BCUT2D eigenvalue weighted by Crippen LogP contribution is 2.23. The van der Waals surface area contributed by atoms with Crippen LogP contribution in [0.15, 0.2) is 22.7 Å². The lowest BCUT2D eigenvalue weighted by Crippen LogP contribution is -2.38. The second kappa shape index (κ2) is 7.66. The Labute approximate surface area is 130 Å². The molecule has 2 rings (SSSR count). The minimum Gasteiger partial charge on any atom is -0.384 e. The lowest BCUT2D eigenvalue weighted by Gasteiger charge is -2.33.